The van der Waals surface area contributed by atoms with E-state index in [2.05, 4.69) is 21.3 Å². The molecule has 3 rings (SSSR count). The number of benzene rings is 1. The van der Waals surface area contributed by atoms with E-state index >= 15 is 0 Å². The fourth-order valence-corrected chi connectivity index (χ4v) is 2.85. The summed E-state index contributed by atoms with van der Waals surface area (Å²) in [7, 11) is 1.68. The van der Waals surface area contributed by atoms with Gasteiger partial charge in [-0.3, -0.25) is 9.78 Å². The van der Waals surface area contributed by atoms with Crippen LogP contribution >= 0.6 is 0 Å². The minimum atomic E-state index is -0.161. The monoisotopic (exact) mass is 361 g/mol. The van der Waals surface area contributed by atoms with Gasteiger partial charge in [0, 0.05) is 30.8 Å². The minimum absolute atomic E-state index is 0.161. The van der Waals surface area contributed by atoms with E-state index < -0.39 is 0 Å². The lowest BCUT2D eigenvalue weighted by Gasteiger charge is -2.15. The van der Waals surface area contributed by atoms with Gasteiger partial charge in [0.2, 0.25) is 11.8 Å². The number of aryl methyl sites for hydroxylation is 3. The summed E-state index contributed by atoms with van der Waals surface area (Å²) in [6.45, 7) is 5.72. The molecular formula is C20H19N5O2. The van der Waals surface area contributed by atoms with Crippen molar-refractivity contribution in [1.82, 2.24) is 20.1 Å². The molecule has 0 saturated carbocycles. The first-order chi connectivity index (χ1) is 12.9. The highest BCUT2D eigenvalue weighted by Gasteiger charge is 2.16. The summed E-state index contributed by atoms with van der Waals surface area (Å²) >= 11 is 0. The van der Waals surface area contributed by atoms with E-state index in [0.717, 1.165) is 16.8 Å². The van der Waals surface area contributed by atoms with Gasteiger partial charge in [-0.25, -0.2) is 0 Å². The van der Waals surface area contributed by atoms with Crippen LogP contribution in [-0.2, 0) is 6.54 Å². The van der Waals surface area contributed by atoms with Gasteiger partial charge in [-0.1, -0.05) is 12.1 Å². The first-order valence-electron chi connectivity index (χ1n) is 8.42. The molecule has 7 heteroatoms. The molecule has 27 heavy (non-hydrogen) atoms. The molecule has 1 amide bonds. The van der Waals surface area contributed by atoms with Crippen molar-refractivity contribution in [2.45, 2.75) is 27.3 Å². The zero-order chi connectivity index (χ0) is 19.6. The standard InChI is InChI=1S/C20H19N5O2/c1-12-9-13(2)22-19(17(12)10-21)15-5-7-16(8-6-15)20(26)25(4)11-18-24-23-14(3)27-18/h5-9H,11H2,1-4H3. The number of hydrogen-bond donors (Lipinski definition) is 0. The van der Waals surface area contributed by atoms with E-state index in [4.69, 9.17) is 4.42 Å². The highest BCUT2D eigenvalue weighted by Crippen LogP contribution is 2.25. The smallest absolute Gasteiger partial charge is 0.254 e. The van der Waals surface area contributed by atoms with Gasteiger partial charge in [0.05, 0.1) is 17.8 Å². The second-order valence-corrected chi connectivity index (χ2v) is 6.37. The van der Waals surface area contributed by atoms with E-state index in [1.54, 1.807) is 38.2 Å². The van der Waals surface area contributed by atoms with Crippen LogP contribution in [0.2, 0.25) is 0 Å². The topological polar surface area (TPSA) is 95.9 Å². The van der Waals surface area contributed by atoms with Crippen LogP contribution in [0.4, 0.5) is 0 Å². The number of aromatic nitrogens is 3. The highest BCUT2D eigenvalue weighted by molar-refractivity contribution is 5.94. The predicted molar refractivity (Wildman–Crippen MR) is 98.7 cm³/mol. The molecule has 2 heterocycles. The Bertz CT molecular complexity index is 1030. The van der Waals surface area contributed by atoms with Crippen LogP contribution in [0.1, 0.15) is 39.0 Å². The Kier molecular flexibility index (Phi) is 4.99. The van der Waals surface area contributed by atoms with Crippen molar-refractivity contribution in [3.05, 3.63) is 64.5 Å². The van der Waals surface area contributed by atoms with Crippen molar-refractivity contribution >= 4 is 5.91 Å². The number of carbonyl (C=O) groups is 1. The van der Waals surface area contributed by atoms with E-state index in [9.17, 15) is 10.1 Å². The van der Waals surface area contributed by atoms with Crippen molar-refractivity contribution in [2.24, 2.45) is 0 Å². The summed E-state index contributed by atoms with van der Waals surface area (Å²) in [6, 6.07) is 11.2. The maximum atomic E-state index is 12.6. The summed E-state index contributed by atoms with van der Waals surface area (Å²) < 4.78 is 5.31. The third kappa shape index (κ3) is 3.85. The number of nitrogens with zero attached hydrogens (tertiary/aromatic N) is 5. The maximum absolute atomic E-state index is 12.6. The van der Waals surface area contributed by atoms with E-state index in [0.29, 0.717) is 28.6 Å². The maximum Gasteiger partial charge on any atom is 0.254 e. The van der Waals surface area contributed by atoms with Gasteiger partial charge in [0.1, 0.15) is 6.07 Å². The lowest BCUT2D eigenvalue weighted by atomic mass is 10.0. The number of rotatable bonds is 4. The normalized spacial score (nSPS) is 10.5. The van der Waals surface area contributed by atoms with Crippen molar-refractivity contribution in [3.8, 4) is 17.3 Å². The first-order valence-corrected chi connectivity index (χ1v) is 8.42. The number of pyridine rings is 1. The van der Waals surface area contributed by atoms with Gasteiger partial charge in [0.15, 0.2) is 0 Å². The lowest BCUT2D eigenvalue weighted by Crippen LogP contribution is -2.26. The number of carbonyl (C=O) groups excluding carboxylic acids is 1. The first kappa shape index (κ1) is 18.3. The molecule has 0 bridgehead atoms. The molecule has 2 aromatic heterocycles. The molecular weight excluding hydrogens is 342 g/mol. The quantitative estimate of drug-likeness (QED) is 0.708. The fraction of sp³-hybridized carbons (Fsp3) is 0.250. The molecule has 0 atom stereocenters. The second-order valence-electron chi connectivity index (χ2n) is 6.37. The molecule has 7 nitrogen and oxygen atoms in total. The van der Waals surface area contributed by atoms with Gasteiger partial charge in [-0.2, -0.15) is 5.26 Å². The molecule has 0 spiro atoms. The predicted octanol–water partition coefficient (Wildman–Crippen LogP) is 3.20. The highest BCUT2D eigenvalue weighted by atomic mass is 16.4. The minimum Gasteiger partial charge on any atom is -0.424 e. The lowest BCUT2D eigenvalue weighted by molar-refractivity contribution is 0.0772. The summed E-state index contributed by atoms with van der Waals surface area (Å²) in [5.74, 6) is 0.689. The third-order valence-corrected chi connectivity index (χ3v) is 4.15. The van der Waals surface area contributed by atoms with Crippen LogP contribution < -0.4 is 0 Å². The van der Waals surface area contributed by atoms with Gasteiger partial charge in [-0.15, -0.1) is 10.2 Å². The molecule has 0 aliphatic carbocycles. The van der Waals surface area contributed by atoms with Crippen molar-refractivity contribution in [2.75, 3.05) is 7.05 Å². The SMILES string of the molecule is Cc1cc(C)c(C#N)c(-c2ccc(C(=O)N(C)Cc3nnc(C)o3)cc2)n1. The summed E-state index contributed by atoms with van der Waals surface area (Å²) in [5.41, 5.74) is 4.23. The molecule has 0 aliphatic heterocycles. The van der Waals surface area contributed by atoms with Crippen molar-refractivity contribution in [1.29, 1.82) is 5.26 Å². The molecule has 0 unspecified atom stereocenters. The van der Waals surface area contributed by atoms with Gasteiger partial charge >= 0.3 is 0 Å². The summed E-state index contributed by atoms with van der Waals surface area (Å²) in [6.07, 6.45) is 0. The van der Waals surface area contributed by atoms with Crippen molar-refractivity contribution < 1.29 is 9.21 Å². The van der Waals surface area contributed by atoms with Gasteiger partial charge < -0.3 is 9.32 Å². The van der Waals surface area contributed by atoms with Crippen LogP contribution in [0.25, 0.3) is 11.3 Å². The second kappa shape index (κ2) is 7.38. The Balaban J connectivity index is 1.83. The van der Waals surface area contributed by atoms with Crippen LogP contribution in [0, 0.1) is 32.1 Å². The average molecular weight is 361 g/mol. The van der Waals surface area contributed by atoms with E-state index in [1.165, 1.54) is 4.90 Å². The molecule has 1 aromatic carbocycles. The molecule has 0 N–H and O–H groups in total. The Morgan fingerprint density at radius 2 is 1.89 bits per heavy atom. The molecule has 3 aromatic rings. The third-order valence-electron chi connectivity index (χ3n) is 4.15. The average Bonchev–Trinajstić information content (AvgIpc) is 3.05. The van der Waals surface area contributed by atoms with Crippen LogP contribution in [0.3, 0.4) is 0 Å². The molecule has 0 saturated heterocycles. The molecule has 0 radical (unpaired) electrons. The largest absolute Gasteiger partial charge is 0.424 e. The van der Waals surface area contributed by atoms with Crippen LogP contribution in [-0.4, -0.2) is 33.0 Å². The fourth-order valence-electron chi connectivity index (χ4n) is 2.85. The summed E-state index contributed by atoms with van der Waals surface area (Å²) in [4.78, 5) is 18.6. The Hall–Kier alpha value is -3.53. The molecule has 0 aliphatic rings. The Labute approximate surface area is 157 Å². The number of amides is 1. The van der Waals surface area contributed by atoms with Crippen molar-refractivity contribution in [3.63, 3.8) is 0 Å². The van der Waals surface area contributed by atoms with Gasteiger partial charge in [-0.05, 0) is 37.6 Å². The summed E-state index contributed by atoms with van der Waals surface area (Å²) in [5, 5.41) is 17.1. The Morgan fingerprint density at radius 1 is 1.19 bits per heavy atom. The molecule has 136 valence electrons. The number of nitriles is 1. The zero-order valence-electron chi connectivity index (χ0n) is 15.6. The van der Waals surface area contributed by atoms with Gasteiger partial charge in [0.25, 0.3) is 5.91 Å². The van der Waals surface area contributed by atoms with E-state index in [-0.39, 0.29) is 12.5 Å². The van der Waals surface area contributed by atoms with E-state index in [1.807, 2.05) is 19.9 Å². The molecule has 0 fully saturated rings. The zero-order valence-corrected chi connectivity index (χ0v) is 15.6. The number of hydrogen-bond acceptors (Lipinski definition) is 6. The van der Waals surface area contributed by atoms with Crippen LogP contribution in [0.5, 0.6) is 0 Å². The van der Waals surface area contributed by atoms with Crippen LogP contribution in [0.15, 0.2) is 34.7 Å². The Morgan fingerprint density at radius 3 is 2.48 bits per heavy atom.